The van der Waals surface area contributed by atoms with Gasteiger partial charge in [-0.2, -0.15) is 5.26 Å². The molecule has 5 nitrogen and oxygen atoms in total. The minimum atomic E-state index is -0.105. The SMILES string of the molecule is CC(C)N1CC[C@@H](N[C@H](C)c2ccc(OCC#N)cc2)C1=O. The third kappa shape index (κ3) is 3.77. The van der Waals surface area contributed by atoms with Crippen molar-refractivity contribution < 1.29 is 9.53 Å². The van der Waals surface area contributed by atoms with E-state index in [-0.39, 0.29) is 30.6 Å². The molecule has 1 amide bonds. The Hall–Kier alpha value is -2.06. The lowest BCUT2D eigenvalue weighted by atomic mass is 10.1. The molecule has 0 bridgehead atoms. The summed E-state index contributed by atoms with van der Waals surface area (Å²) in [6, 6.07) is 9.81. The predicted molar refractivity (Wildman–Crippen MR) is 84.4 cm³/mol. The quantitative estimate of drug-likeness (QED) is 0.875. The molecule has 0 aliphatic carbocycles. The van der Waals surface area contributed by atoms with Crippen LogP contribution < -0.4 is 10.1 Å². The molecule has 1 heterocycles. The van der Waals surface area contributed by atoms with Crippen molar-refractivity contribution in [3.05, 3.63) is 29.8 Å². The Morgan fingerprint density at radius 2 is 2.05 bits per heavy atom. The number of likely N-dealkylation sites (tertiary alicyclic amines) is 1. The first-order valence-corrected chi connectivity index (χ1v) is 7.69. The van der Waals surface area contributed by atoms with Crippen LogP contribution in [0.4, 0.5) is 0 Å². The van der Waals surface area contributed by atoms with E-state index < -0.39 is 0 Å². The number of benzene rings is 1. The summed E-state index contributed by atoms with van der Waals surface area (Å²) in [5.41, 5.74) is 1.10. The highest BCUT2D eigenvalue weighted by molar-refractivity contribution is 5.84. The first-order valence-electron chi connectivity index (χ1n) is 7.69. The molecule has 0 aromatic heterocycles. The van der Waals surface area contributed by atoms with Crippen molar-refractivity contribution >= 4 is 5.91 Å². The van der Waals surface area contributed by atoms with Crippen molar-refractivity contribution in [3.63, 3.8) is 0 Å². The summed E-state index contributed by atoms with van der Waals surface area (Å²) in [7, 11) is 0. The van der Waals surface area contributed by atoms with Gasteiger partial charge in [0.25, 0.3) is 0 Å². The molecule has 2 rings (SSSR count). The van der Waals surface area contributed by atoms with E-state index in [9.17, 15) is 4.79 Å². The molecule has 0 unspecified atom stereocenters. The number of carbonyl (C=O) groups is 1. The number of nitrogens with one attached hydrogen (secondary N) is 1. The summed E-state index contributed by atoms with van der Waals surface area (Å²) in [5, 5.41) is 11.9. The Labute approximate surface area is 131 Å². The lowest BCUT2D eigenvalue weighted by Crippen LogP contribution is -2.41. The minimum absolute atomic E-state index is 0.0504. The lowest BCUT2D eigenvalue weighted by molar-refractivity contribution is -0.130. The third-order valence-electron chi connectivity index (χ3n) is 4.00. The van der Waals surface area contributed by atoms with E-state index in [1.54, 1.807) is 0 Å². The number of amides is 1. The molecular formula is C17H23N3O2. The fourth-order valence-corrected chi connectivity index (χ4v) is 2.74. The minimum Gasteiger partial charge on any atom is -0.479 e. The second-order valence-corrected chi connectivity index (χ2v) is 5.87. The molecule has 0 radical (unpaired) electrons. The number of nitrogens with zero attached hydrogens (tertiary/aromatic N) is 2. The van der Waals surface area contributed by atoms with Gasteiger partial charge < -0.3 is 9.64 Å². The Bertz CT molecular complexity index is 548. The fourth-order valence-electron chi connectivity index (χ4n) is 2.74. The molecule has 1 N–H and O–H groups in total. The standard InChI is InChI=1S/C17H23N3O2/c1-12(2)20-10-8-16(17(20)21)19-13(3)14-4-6-15(7-5-14)22-11-9-18/h4-7,12-13,16,19H,8,10-11H2,1-3H3/t13-,16-/m1/s1. The summed E-state index contributed by atoms with van der Waals surface area (Å²) < 4.78 is 5.24. The van der Waals surface area contributed by atoms with Gasteiger partial charge in [-0.1, -0.05) is 12.1 Å². The van der Waals surface area contributed by atoms with Gasteiger partial charge in [0, 0.05) is 18.6 Å². The van der Waals surface area contributed by atoms with E-state index in [0.29, 0.717) is 5.75 Å². The maximum absolute atomic E-state index is 12.3. The molecule has 1 aliphatic rings. The molecule has 0 saturated carbocycles. The number of carbonyl (C=O) groups excluding carboxylic acids is 1. The molecule has 1 saturated heterocycles. The van der Waals surface area contributed by atoms with Crippen LogP contribution in [0, 0.1) is 11.3 Å². The van der Waals surface area contributed by atoms with Gasteiger partial charge in [0.15, 0.2) is 6.61 Å². The van der Waals surface area contributed by atoms with Crippen LogP contribution in [0.15, 0.2) is 24.3 Å². The average molecular weight is 301 g/mol. The normalized spacial score (nSPS) is 19.3. The van der Waals surface area contributed by atoms with Crippen molar-refractivity contribution in [3.8, 4) is 11.8 Å². The summed E-state index contributed by atoms with van der Waals surface area (Å²) in [5.74, 6) is 0.872. The van der Waals surface area contributed by atoms with Crippen LogP contribution in [0.5, 0.6) is 5.75 Å². The second-order valence-electron chi connectivity index (χ2n) is 5.87. The van der Waals surface area contributed by atoms with Gasteiger partial charge in [0.05, 0.1) is 6.04 Å². The van der Waals surface area contributed by atoms with Gasteiger partial charge in [0.1, 0.15) is 11.8 Å². The summed E-state index contributed by atoms with van der Waals surface area (Å²) in [6.45, 7) is 7.01. The van der Waals surface area contributed by atoms with Crippen molar-refractivity contribution in [2.75, 3.05) is 13.2 Å². The highest BCUT2D eigenvalue weighted by Gasteiger charge is 2.33. The van der Waals surface area contributed by atoms with Crippen LogP contribution in [0.3, 0.4) is 0 Å². The van der Waals surface area contributed by atoms with Gasteiger partial charge in [-0.25, -0.2) is 0 Å². The fraction of sp³-hybridized carbons (Fsp3) is 0.529. The number of hydrogen-bond acceptors (Lipinski definition) is 4. The highest BCUT2D eigenvalue weighted by atomic mass is 16.5. The molecule has 118 valence electrons. The Kier molecular flexibility index (Phi) is 5.40. The summed E-state index contributed by atoms with van der Waals surface area (Å²) in [6.07, 6.45) is 0.852. The molecule has 1 aromatic rings. The molecule has 2 atom stereocenters. The van der Waals surface area contributed by atoms with E-state index in [1.165, 1.54) is 0 Å². The van der Waals surface area contributed by atoms with Crippen LogP contribution in [0.25, 0.3) is 0 Å². The Morgan fingerprint density at radius 3 is 2.59 bits per heavy atom. The van der Waals surface area contributed by atoms with E-state index in [0.717, 1.165) is 18.5 Å². The smallest absolute Gasteiger partial charge is 0.240 e. The van der Waals surface area contributed by atoms with Crippen LogP contribution in [-0.2, 0) is 4.79 Å². The van der Waals surface area contributed by atoms with Gasteiger partial charge in [0.2, 0.25) is 5.91 Å². The number of hydrogen-bond donors (Lipinski definition) is 1. The van der Waals surface area contributed by atoms with Crippen LogP contribution in [0.1, 0.15) is 38.8 Å². The highest BCUT2D eigenvalue weighted by Crippen LogP contribution is 2.21. The first kappa shape index (κ1) is 16.3. The number of nitriles is 1. The monoisotopic (exact) mass is 301 g/mol. The van der Waals surface area contributed by atoms with E-state index in [4.69, 9.17) is 10.00 Å². The van der Waals surface area contributed by atoms with E-state index in [2.05, 4.69) is 12.2 Å². The average Bonchev–Trinajstić information content (AvgIpc) is 2.87. The third-order valence-corrected chi connectivity index (χ3v) is 4.00. The zero-order valence-electron chi connectivity index (χ0n) is 13.4. The van der Waals surface area contributed by atoms with Crippen LogP contribution in [0.2, 0.25) is 0 Å². The number of rotatable bonds is 6. The van der Waals surface area contributed by atoms with Gasteiger partial charge >= 0.3 is 0 Å². The molecule has 1 aromatic carbocycles. The predicted octanol–water partition coefficient (Wildman–Crippen LogP) is 2.25. The summed E-state index contributed by atoms with van der Waals surface area (Å²) in [4.78, 5) is 14.2. The van der Waals surface area contributed by atoms with Gasteiger partial charge in [-0.3, -0.25) is 10.1 Å². The molecule has 1 aliphatic heterocycles. The van der Waals surface area contributed by atoms with Crippen molar-refractivity contribution in [2.24, 2.45) is 0 Å². The lowest BCUT2D eigenvalue weighted by Gasteiger charge is -2.23. The van der Waals surface area contributed by atoms with Crippen molar-refractivity contribution in [2.45, 2.75) is 45.3 Å². The largest absolute Gasteiger partial charge is 0.479 e. The topological polar surface area (TPSA) is 65.4 Å². The van der Waals surface area contributed by atoms with Gasteiger partial charge in [-0.15, -0.1) is 0 Å². The van der Waals surface area contributed by atoms with E-state index in [1.807, 2.05) is 49.1 Å². The molecular weight excluding hydrogens is 278 g/mol. The molecule has 0 spiro atoms. The molecule has 5 heteroatoms. The maximum Gasteiger partial charge on any atom is 0.240 e. The zero-order chi connectivity index (χ0) is 16.1. The first-order chi connectivity index (χ1) is 10.5. The van der Waals surface area contributed by atoms with Gasteiger partial charge in [-0.05, 0) is 44.9 Å². The Balaban J connectivity index is 1.94. The maximum atomic E-state index is 12.3. The second kappa shape index (κ2) is 7.28. The van der Waals surface area contributed by atoms with Crippen LogP contribution >= 0.6 is 0 Å². The zero-order valence-corrected chi connectivity index (χ0v) is 13.4. The molecule has 22 heavy (non-hydrogen) atoms. The number of ether oxygens (including phenoxy) is 1. The molecule has 1 fully saturated rings. The van der Waals surface area contributed by atoms with Crippen molar-refractivity contribution in [1.29, 1.82) is 5.26 Å². The van der Waals surface area contributed by atoms with E-state index >= 15 is 0 Å². The summed E-state index contributed by atoms with van der Waals surface area (Å²) >= 11 is 0. The van der Waals surface area contributed by atoms with Crippen LogP contribution in [-0.4, -0.2) is 36.0 Å². The Morgan fingerprint density at radius 1 is 1.36 bits per heavy atom. The van der Waals surface area contributed by atoms with Crippen molar-refractivity contribution in [1.82, 2.24) is 10.2 Å².